The van der Waals surface area contributed by atoms with Gasteiger partial charge >= 0.3 is 5.97 Å². The summed E-state index contributed by atoms with van der Waals surface area (Å²) >= 11 is 1.08. The van der Waals surface area contributed by atoms with Gasteiger partial charge in [0.15, 0.2) is 0 Å². The van der Waals surface area contributed by atoms with E-state index in [9.17, 15) is 9.59 Å². The lowest BCUT2D eigenvalue weighted by molar-refractivity contribution is -0.131. The third-order valence-electron chi connectivity index (χ3n) is 2.68. The van der Waals surface area contributed by atoms with Gasteiger partial charge in [0, 0.05) is 7.11 Å². The molecule has 1 aromatic rings. The minimum atomic E-state index is -0.997. The molecule has 0 spiro atoms. The quantitative estimate of drug-likeness (QED) is 0.831. The maximum absolute atomic E-state index is 11.8. The Balaban J connectivity index is 2.78. The molecule has 2 atom stereocenters. The Kier molecular flexibility index (Phi) is 5.44. The lowest BCUT2D eigenvalue weighted by Crippen LogP contribution is -2.36. The molecule has 0 bridgehead atoms. The summed E-state index contributed by atoms with van der Waals surface area (Å²) in [6.07, 6.45) is 0.0780. The third kappa shape index (κ3) is 3.74. The largest absolute Gasteiger partial charge is 0.477 e. The SMILES string of the molecule is CCC(OC)C(=O)NC(C)c1nc(C)c(C(=O)O)s1. The van der Waals surface area contributed by atoms with Crippen LogP contribution in [0.25, 0.3) is 0 Å². The number of thiazole rings is 1. The van der Waals surface area contributed by atoms with Crippen molar-refractivity contribution in [3.63, 3.8) is 0 Å². The van der Waals surface area contributed by atoms with E-state index in [1.807, 2.05) is 6.92 Å². The average molecular weight is 286 g/mol. The van der Waals surface area contributed by atoms with Crippen molar-refractivity contribution >= 4 is 23.2 Å². The first-order chi connectivity index (χ1) is 8.90. The molecule has 19 heavy (non-hydrogen) atoms. The Labute approximate surface area is 115 Å². The van der Waals surface area contributed by atoms with Crippen LogP contribution in [0.5, 0.6) is 0 Å². The Hall–Kier alpha value is -1.47. The molecule has 6 nitrogen and oxygen atoms in total. The van der Waals surface area contributed by atoms with Crippen molar-refractivity contribution in [3.05, 3.63) is 15.6 Å². The summed E-state index contributed by atoms with van der Waals surface area (Å²) in [5.74, 6) is -1.22. The molecule has 1 aromatic heterocycles. The van der Waals surface area contributed by atoms with Crippen molar-refractivity contribution in [2.24, 2.45) is 0 Å². The van der Waals surface area contributed by atoms with Gasteiger partial charge in [-0.25, -0.2) is 9.78 Å². The Bertz CT molecular complexity index is 468. The molecule has 0 aliphatic rings. The fourth-order valence-corrected chi connectivity index (χ4v) is 2.54. The van der Waals surface area contributed by atoms with E-state index in [1.165, 1.54) is 7.11 Å². The van der Waals surface area contributed by atoms with Crippen molar-refractivity contribution in [1.29, 1.82) is 0 Å². The number of carboxylic acid groups (broad SMARTS) is 1. The molecule has 106 valence electrons. The van der Waals surface area contributed by atoms with Crippen LogP contribution in [-0.4, -0.2) is 35.2 Å². The number of hydrogen-bond acceptors (Lipinski definition) is 5. The molecule has 0 saturated carbocycles. The number of carboxylic acids is 1. The van der Waals surface area contributed by atoms with E-state index in [0.717, 1.165) is 11.3 Å². The number of nitrogens with zero attached hydrogens (tertiary/aromatic N) is 1. The number of carbonyl (C=O) groups is 2. The minimum absolute atomic E-state index is 0.204. The van der Waals surface area contributed by atoms with E-state index >= 15 is 0 Å². The van der Waals surface area contributed by atoms with Gasteiger partial charge in [-0.2, -0.15) is 0 Å². The topological polar surface area (TPSA) is 88.5 Å². The second kappa shape index (κ2) is 6.63. The van der Waals surface area contributed by atoms with Gasteiger partial charge in [0.05, 0.1) is 11.7 Å². The minimum Gasteiger partial charge on any atom is -0.477 e. The molecule has 7 heteroatoms. The summed E-state index contributed by atoms with van der Waals surface area (Å²) in [5.41, 5.74) is 0.465. The Morgan fingerprint density at radius 3 is 2.58 bits per heavy atom. The van der Waals surface area contributed by atoms with Gasteiger partial charge < -0.3 is 15.2 Å². The summed E-state index contributed by atoms with van der Waals surface area (Å²) in [4.78, 5) is 27.2. The molecular weight excluding hydrogens is 268 g/mol. The Morgan fingerprint density at radius 2 is 2.16 bits per heavy atom. The maximum Gasteiger partial charge on any atom is 0.347 e. The number of carbonyl (C=O) groups excluding carboxylic acids is 1. The number of hydrogen-bond donors (Lipinski definition) is 2. The van der Waals surface area contributed by atoms with Crippen molar-refractivity contribution in [1.82, 2.24) is 10.3 Å². The fourth-order valence-electron chi connectivity index (χ4n) is 1.63. The smallest absolute Gasteiger partial charge is 0.347 e. The van der Waals surface area contributed by atoms with E-state index in [4.69, 9.17) is 9.84 Å². The number of nitrogens with one attached hydrogen (secondary N) is 1. The van der Waals surface area contributed by atoms with Crippen LogP contribution in [0.1, 0.15) is 46.7 Å². The van der Waals surface area contributed by atoms with Gasteiger partial charge in [-0.05, 0) is 20.3 Å². The van der Waals surface area contributed by atoms with Crippen LogP contribution >= 0.6 is 11.3 Å². The van der Waals surface area contributed by atoms with Gasteiger partial charge in [0.2, 0.25) is 5.91 Å². The first kappa shape index (κ1) is 15.6. The molecule has 0 aliphatic carbocycles. The molecule has 2 N–H and O–H groups in total. The van der Waals surface area contributed by atoms with Crippen LogP contribution in [0.4, 0.5) is 0 Å². The highest BCUT2D eigenvalue weighted by atomic mass is 32.1. The van der Waals surface area contributed by atoms with Gasteiger partial charge in [0.25, 0.3) is 0 Å². The summed E-state index contributed by atoms with van der Waals surface area (Å²) in [7, 11) is 1.48. The Morgan fingerprint density at radius 1 is 1.53 bits per heavy atom. The van der Waals surface area contributed by atoms with Crippen molar-refractivity contribution in [2.45, 2.75) is 39.3 Å². The first-order valence-corrected chi connectivity index (χ1v) is 6.76. The second-order valence-electron chi connectivity index (χ2n) is 4.13. The van der Waals surface area contributed by atoms with Crippen LogP contribution in [0.3, 0.4) is 0 Å². The molecule has 0 radical (unpaired) electrons. The van der Waals surface area contributed by atoms with E-state index < -0.39 is 12.1 Å². The molecule has 1 amide bonds. The zero-order chi connectivity index (χ0) is 14.6. The lowest BCUT2D eigenvalue weighted by atomic mass is 10.2. The van der Waals surface area contributed by atoms with Gasteiger partial charge in [-0.3, -0.25) is 4.79 Å². The van der Waals surface area contributed by atoms with E-state index in [2.05, 4.69) is 10.3 Å². The van der Waals surface area contributed by atoms with Crippen LogP contribution < -0.4 is 5.32 Å². The van der Waals surface area contributed by atoms with Crippen molar-refractivity contribution in [3.8, 4) is 0 Å². The number of methoxy groups -OCH3 is 1. The van der Waals surface area contributed by atoms with E-state index in [0.29, 0.717) is 17.1 Å². The zero-order valence-electron chi connectivity index (χ0n) is 11.4. The number of aryl methyl sites for hydroxylation is 1. The molecule has 0 fully saturated rings. The number of aromatic nitrogens is 1. The van der Waals surface area contributed by atoms with Gasteiger partial charge in [0.1, 0.15) is 16.0 Å². The standard InChI is InChI=1S/C12H18N2O4S/c1-5-8(18-4)10(15)13-7(3)11-14-6(2)9(19-11)12(16)17/h7-8H,5H2,1-4H3,(H,13,15)(H,16,17). The van der Waals surface area contributed by atoms with Crippen LogP contribution in [-0.2, 0) is 9.53 Å². The fraction of sp³-hybridized carbons (Fsp3) is 0.583. The second-order valence-corrected chi connectivity index (χ2v) is 5.17. The summed E-state index contributed by atoms with van der Waals surface area (Å²) in [6, 6.07) is -0.339. The van der Waals surface area contributed by atoms with Crippen LogP contribution in [0.15, 0.2) is 0 Å². The maximum atomic E-state index is 11.8. The predicted octanol–water partition coefficient (Wildman–Crippen LogP) is 1.75. The molecule has 1 rings (SSSR count). The number of rotatable bonds is 6. The van der Waals surface area contributed by atoms with Crippen LogP contribution in [0.2, 0.25) is 0 Å². The van der Waals surface area contributed by atoms with E-state index in [1.54, 1.807) is 13.8 Å². The van der Waals surface area contributed by atoms with E-state index in [-0.39, 0.29) is 16.8 Å². The highest BCUT2D eigenvalue weighted by Crippen LogP contribution is 2.23. The molecule has 2 unspecified atom stereocenters. The predicted molar refractivity (Wildman–Crippen MR) is 71.5 cm³/mol. The first-order valence-electron chi connectivity index (χ1n) is 5.94. The van der Waals surface area contributed by atoms with Crippen molar-refractivity contribution < 1.29 is 19.4 Å². The molecular formula is C12H18N2O4S. The molecule has 0 saturated heterocycles. The van der Waals surface area contributed by atoms with Gasteiger partial charge in [-0.1, -0.05) is 6.92 Å². The van der Waals surface area contributed by atoms with Gasteiger partial charge in [-0.15, -0.1) is 11.3 Å². The van der Waals surface area contributed by atoms with Crippen LogP contribution in [0, 0.1) is 6.92 Å². The zero-order valence-corrected chi connectivity index (χ0v) is 12.2. The number of ether oxygens (including phenoxy) is 1. The third-order valence-corrected chi connectivity index (χ3v) is 4.01. The number of aromatic carboxylic acids is 1. The highest BCUT2D eigenvalue weighted by molar-refractivity contribution is 7.13. The highest BCUT2D eigenvalue weighted by Gasteiger charge is 2.22. The summed E-state index contributed by atoms with van der Waals surface area (Å²) < 4.78 is 5.04. The monoisotopic (exact) mass is 286 g/mol. The molecule has 0 aromatic carbocycles. The van der Waals surface area contributed by atoms with Crippen molar-refractivity contribution in [2.75, 3.05) is 7.11 Å². The lowest BCUT2D eigenvalue weighted by Gasteiger charge is -2.16. The normalized spacial score (nSPS) is 13.9. The molecule has 0 aliphatic heterocycles. The number of amides is 1. The summed E-state index contributed by atoms with van der Waals surface area (Å²) in [6.45, 7) is 5.26. The summed E-state index contributed by atoms with van der Waals surface area (Å²) in [5, 5.41) is 12.3. The average Bonchev–Trinajstić information content (AvgIpc) is 2.73. The molecule has 1 heterocycles.